The summed E-state index contributed by atoms with van der Waals surface area (Å²) < 4.78 is 1.39. The van der Waals surface area contributed by atoms with E-state index < -0.39 is 0 Å². The van der Waals surface area contributed by atoms with Crippen molar-refractivity contribution >= 4 is 61.6 Å². The van der Waals surface area contributed by atoms with Crippen LogP contribution in [0.25, 0.3) is 0 Å². The van der Waals surface area contributed by atoms with Crippen LogP contribution in [0.2, 0.25) is 0 Å². The molecule has 30 heavy (non-hydrogen) atoms. The Bertz CT molecular complexity index is 1060. The van der Waals surface area contributed by atoms with E-state index in [2.05, 4.69) is 67.6 Å². The van der Waals surface area contributed by atoms with Gasteiger partial charge in [-0.05, 0) is 53.0 Å². The molecule has 0 unspecified atom stereocenters. The van der Waals surface area contributed by atoms with Crippen LogP contribution in [0.15, 0.2) is 56.5 Å². The van der Waals surface area contributed by atoms with E-state index in [4.69, 9.17) is 0 Å². The SMILES string of the molecule is Oc1c(Br)cc(Br)cc1C=NNc1nc(Nc2ccccc2)nc(N2CCCC2)n1. The fourth-order valence-corrected chi connectivity index (χ4v) is 4.28. The Morgan fingerprint density at radius 3 is 2.50 bits per heavy atom. The van der Waals surface area contributed by atoms with Gasteiger partial charge in [-0.3, -0.25) is 0 Å². The number of aromatic nitrogens is 3. The van der Waals surface area contributed by atoms with Crippen molar-refractivity contribution in [2.45, 2.75) is 12.8 Å². The minimum atomic E-state index is 0.101. The Balaban J connectivity index is 1.58. The summed E-state index contributed by atoms with van der Waals surface area (Å²) in [7, 11) is 0. The molecule has 2 aromatic carbocycles. The normalized spacial score (nSPS) is 13.7. The first-order valence-electron chi connectivity index (χ1n) is 9.39. The number of phenolic OH excluding ortho intramolecular Hbond substituents is 1. The topological polar surface area (TPSA) is 98.6 Å². The lowest BCUT2D eigenvalue weighted by atomic mass is 10.2. The first-order chi connectivity index (χ1) is 14.6. The number of aromatic hydroxyl groups is 1. The van der Waals surface area contributed by atoms with Gasteiger partial charge < -0.3 is 15.3 Å². The number of hydrazone groups is 1. The molecule has 3 N–H and O–H groups in total. The zero-order valence-corrected chi connectivity index (χ0v) is 19.1. The molecule has 154 valence electrons. The van der Waals surface area contributed by atoms with E-state index in [1.54, 1.807) is 12.1 Å². The second-order valence-electron chi connectivity index (χ2n) is 6.66. The summed E-state index contributed by atoms with van der Waals surface area (Å²) in [4.78, 5) is 15.6. The molecule has 0 bridgehead atoms. The molecule has 1 fully saturated rings. The van der Waals surface area contributed by atoms with Gasteiger partial charge in [0.2, 0.25) is 17.8 Å². The summed E-state index contributed by atoms with van der Waals surface area (Å²) in [5, 5.41) is 17.6. The van der Waals surface area contributed by atoms with E-state index >= 15 is 0 Å². The van der Waals surface area contributed by atoms with Gasteiger partial charge >= 0.3 is 0 Å². The van der Waals surface area contributed by atoms with Crippen molar-refractivity contribution in [1.29, 1.82) is 0 Å². The molecule has 0 saturated carbocycles. The molecule has 0 radical (unpaired) electrons. The molecule has 0 amide bonds. The third-order valence-electron chi connectivity index (χ3n) is 4.47. The summed E-state index contributed by atoms with van der Waals surface area (Å²) >= 11 is 6.72. The average molecular weight is 533 g/mol. The summed E-state index contributed by atoms with van der Waals surface area (Å²) in [6.45, 7) is 1.83. The standard InChI is InChI=1S/C20H19Br2N7O/c21-14-10-13(17(30)16(22)11-14)12-23-28-19-25-18(24-15-6-2-1-3-7-15)26-20(27-19)29-8-4-5-9-29/h1-3,6-7,10-12,30H,4-5,8-9H2,(H2,24,25,26,27,28). The lowest BCUT2D eigenvalue weighted by molar-refractivity contribution is 0.471. The highest BCUT2D eigenvalue weighted by Crippen LogP contribution is 2.30. The molecule has 10 heteroatoms. The monoisotopic (exact) mass is 531 g/mol. The van der Waals surface area contributed by atoms with Gasteiger partial charge in [-0.2, -0.15) is 20.1 Å². The van der Waals surface area contributed by atoms with Crippen molar-refractivity contribution in [2.75, 3.05) is 28.7 Å². The number of hydrogen-bond donors (Lipinski definition) is 3. The zero-order chi connectivity index (χ0) is 20.9. The van der Waals surface area contributed by atoms with Gasteiger partial charge in [0.15, 0.2) is 0 Å². The van der Waals surface area contributed by atoms with Crippen molar-refractivity contribution in [1.82, 2.24) is 15.0 Å². The van der Waals surface area contributed by atoms with Crippen molar-refractivity contribution in [3.05, 3.63) is 57.0 Å². The van der Waals surface area contributed by atoms with Crippen LogP contribution in [0.4, 0.5) is 23.5 Å². The Labute approximate surface area is 190 Å². The lowest BCUT2D eigenvalue weighted by Gasteiger charge is -2.16. The maximum absolute atomic E-state index is 10.2. The molecular formula is C20H19Br2N7O. The molecule has 2 heterocycles. The number of rotatable bonds is 6. The largest absolute Gasteiger partial charge is 0.506 e. The summed E-state index contributed by atoms with van der Waals surface area (Å²) in [5.74, 6) is 1.45. The molecule has 0 aliphatic carbocycles. The van der Waals surface area contributed by atoms with Crippen LogP contribution in [-0.4, -0.2) is 39.4 Å². The number of nitrogens with zero attached hydrogens (tertiary/aromatic N) is 5. The summed E-state index contributed by atoms with van der Waals surface area (Å²) in [6, 6.07) is 13.2. The van der Waals surface area contributed by atoms with Crippen molar-refractivity contribution in [3.63, 3.8) is 0 Å². The Hall–Kier alpha value is -2.72. The molecule has 0 spiro atoms. The van der Waals surface area contributed by atoms with Crippen LogP contribution in [0.3, 0.4) is 0 Å². The highest BCUT2D eigenvalue weighted by molar-refractivity contribution is 9.11. The van der Waals surface area contributed by atoms with Gasteiger partial charge in [-0.15, -0.1) is 0 Å². The van der Waals surface area contributed by atoms with Crippen molar-refractivity contribution in [3.8, 4) is 5.75 Å². The smallest absolute Gasteiger partial charge is 0.250 e. The predicted octanol–water partition coefficient (Wildman–Crippen LogP) is 4.89. The first-order valence-corrected chi connectivity index (χ1v) is 11.0. The van der Waals surface area contributed by atoms with Crippen LogP contribution >= 0.6 is 31.9 Å². The Morgan fingerprint density at radius 1 is 1.00 bits per heavy atom. The number of nitrogens with one attached hydrogen (secondary N) is 2. The third kappa shape index (κ3) is 5.06. The minimum Gasteiger partial charge on any atom is -0.506 e. The predicted molar refractivity (Wildman–Crippen MR) is 126 cm³/mol. The minimum absolute atomic E-state index is 0.101. The van der Waals surface area contributed by atoms with Crippen LogP contribution in [0.1, 0.15) is 18.4 Å². The van der Waals surface area contributed by atoms with E-state index in [-0.39, 0.29) is 5.75 Å². The Morgan fingerprint density at radius 2 is 1.73 bits per heavy atom. The Kier molecular flexibility index (Phi) is 6.44. The van der Waals surface area contributed by atoms with Gasteiger partial charge in [0, 0.05) is 28.8 Å². The van der Waals surface area contributed by atoms with E-state index in [0.717, 1.165) is 36.1 Å². The van der Waals surface area contributed by atoms with Crippen molar-refractivity contribution < 1.29 is 5.11 Å². The fraction of sp³-hybridized carbons (Fsp3) is 0.200. The van der Waals surface area contributed by atoms with Crippen LogP contribution < -0.4 is 15.6 Å². The van der Waals surface area contributed by atoms with Gasteiger partial charge in [0.1, 0.15) is 5.75 Å². The second-order valence-corrected chi connectivity index (χ2v) is 8.43. The molecule has 1 saturated heterocycles. The quantitative estimate of drug-likeness (QED) is 0.307. The van der Waals surface area contributed by atoms with E-state index in [9.17, 15) is 5.11 Å². The van der Waals surface area contributed by atoms with Crippen LogP contribution in [0, 0.1) is 0 Å². The molecule has 8 nitrogen and oxygen atoms in total. The summed E-state index contributed by atoms with van der Waals surface area (Å²) in [6.07, 6.45) is 3.74. The van der Waals surface area contributed by atoms with Gasteiger partial charge in [0.05, 0.1) is 10.7 Å². The number of halogens is 2. The number of anilines is 4. The molecule has 3 aromatic rings. The highest BCUT2D eigenvalue weighted by atomic mass is 79.9. The molecule has 1 aliphatic rings. The average Bonchev–Trinajstić information content (AvgIpc) is 3.27. The third-order valence-corrected chi connectivity index (χ3v) is 5.53. The molecule has 0 atom stereocenters. The van der Waals surface area contributed by atoms with E-state index in [0.29, 0.717) is 27.9 Å². The van der Waals surface area contributed by atoms with Gasteiger partial charge in [-0.1, -0.05) is 34.1 Å². The zero-order valence-electron chi connectivity index (χ0n) is 15.9. The van der Waals surface area contributed by atoms with Gasteiger partial charge in [-0.25, -0.2) is 5.43 Å². The van der Waals surface area contributed by atoms with Gasteiger partial charge in [0.25, 0.3) is 0 Å². The van der Waals surface area contributed by atoms with Crippen LogP contribution in [0.5, 0.6) is 5.75 Å². The highest BCUT2D eigenvalue weighted by Gasteiger charge is 2.17. The molecule has 1 aliphatic heterocycles. The first kappa shape index (κ1) is 20.5. The molecular weight excluding hydrogens is 514 g/mol. The maximum atomic E-state index is 10.2. The molecule has 4 rings (SSSR count). The number of hydrogen-bond acceptors (Lipinski definition) is 8. The number of benzene rings is 2. The van der Waals surface area contributed by atoms with Crippen LogP contribution in [-0.2, 0) is 0 Å². The fourth-order valence-electron chi connectivity index (χ4n) is 3.02. The number of para-hydroxylation sites is 1. The lowest BCUT2D eigenvalue weighted by Crippen LogP contribution is -2.21. The van der Waals surface area contributed by atoms with E-state index in [1.165, 1.54) is 6.21 Å². The summed E-state index contributed by atoms with van der Waals surface area (Å²) in [5.41, 5.74) is 4.27. The maximum Gasteiger partial charge on any atom is 0.250 e. The number of phenols is 1. The van der Waals surface area contributed by atoms with Crippen molar-refractivity contribution in [2.24, 2.45) is 5.10 Å². The second kappa shape index (κ2) is 9.40. The van der Waals surface area contributed by atoms with E-state index in [1.807, 2.05) is 30.3 Å². The molecule has 1 aromatic heterocycles.